The van der Waals surface area contributed by atoms with Gasteiger partial charge in [0, 0.05) is 24.0 Å². The van der Waals surface area contributed by atoms with Crippen LogP contribution in [0.1, 0.15) is 36.5 Å². The molecule has 0 radical (unpaired) electrons. The van der Waals surface area contributed by atoms with E-state index in [1.165, 1.54) is 0 Å². The molecule has 0 spiro atoms. The molecule has 0 bridgehead atoms. The predicted molar refractivity (Wildman–Crippen MR) is 137 cm³/mol. The van der Waals surface area contributed by atoms with Crippen LogP contribution in [0, 0.1) is 0 Å². The van der Waals surface area contributed by atoms with Gasteiger partial charge < -0.3 is 10.2 Å². The van der Waals surface area contributed by atoms with E-state index < -0.39 is 6.04 Å². The molecule has 5 heteroatoms. The summed E-state index contributed by atoms with van der Waals surface area (Å²) >= 11 is 3.47. The molecule has 0 fully saturated rings. The minimum Gasteiger partial charge on any atom is -0.354 e. The zero-order valence-electron chi connectivity index (χ0n) is 19.0. The maximum atomic E-state index is 13.6. The van der Waals surface area contributed by atoms with Crippen molar-refractivity contribution < 1.29 is 9.59 Å². The first-order valence-electron chi connectivity index (χ1n) is 11.5. The number of hydrogen-bond acceptors (Lipinski definition) is 2. The maximum absolute atomic E-state index is 13.6. The molecule has 33 heavy (non-hydrogen) atoms. The average molecular weight is 507 g/mol. The standard InChI is InChI=1S/C28H31BrN2O2/c1-2-3-18-30-28(33)26(19-22-10-6-4-7-11-22)31(21-24-14-16-25(29)17-15-24)27(32)20-23-12-8-5-9-13-23/h4-17,26H,2-3,18-21H2,1H3,(H,30,33)/t26-/m0/s1. The maximum Gasteiger partial charge on any atom is 0.243 e. The van der Waals surface area contributed by atoms with E-state index in [-0.39, 0.29) is 18.2 Å². The van der Waals surface area contributed by atoms with Crippen LogP contribution in [0.4, 0.5) is 0 Å². The molecular weight excluding hydrogens is 476 g/mol. The van der Waals surface area contributed by atoms with Gasteiger partial charge in [-0.05, 0) is 35.2 Å². The van der Waals surface area contributed by atoms with Crippen molar-refractivity contribution in [3.63, 3.8) is 0 Å². The second kappa shape index (κ2) is 12.9. The smallest absolute Gasteiger partial charge is 0.243 e. The topological polar surface area (TPSA) is 49.4 Å². The molecule has 4 nitrogen and oxygen atoms in total. The lowest BCUT2D eigenvalue weighted by Crippen LogP contribution is -2.51. The van der Waals surface area contributed by atoms with Crippen molar-refractivity contribution >= 4 is 27.7 Å². The van der Waals surface area contributed by atoms with Crippen LogP contribution in [0.3, 0.4) is 0 Å². The van der Waals surface area contributed by atoms with Gasteiger partial charge in [0.15, 0.2) is 0 Å². The summed E-state index contributed by atoms with van der Waals surface area (Å²) in [5.74, 6) is -0.165. The van der Waals surface area contributed by atoms with E-state index in [0.29, 0.717) is 19.5 Å². The van der Waals surface area contributed by atoms with Crippen LogP contribution in [0.5, 0.6) is 0 Å². The first-order valence-corrected chi connectivity index (χ1v) is 12.3. The molecule has 0 saturated carbocycles. The summed E-state index contributed by atoms with van der Waals surface area (Å²) in [7, 11) is 0. The Morgan fingerprint density at radius 3 is 2.06 bits per heavy atom. The molecule has 2 amide bonds. The van der Waals surface area contributed by atoms with E-state index in [0.717, 1.165) is 34.0 Å². The summed E-state index contributed by atoms with van der Waals surface area (Å²) in [6, 6.07) is 26.9. The summed E-state index contributed by atoms with van der Waals surface area (Å²) in [5, 5.41) is 3.06. The number of carbonyl (C=O) groups is 2. The monoisotopic (exact) mass is 506 g/mol. The van der Waals surface area contributed by atoms with Crippen molar-refractivity contribution in [2.75, 3.05) is 6.54 Å². The molecule has 0 aliphatic heterocycles. The number of rotatable bonds is 11. The number of halogens is 1. The molecule has 0 aromatic heterocycles. The van der Waals surface area contributed by atoms with Gasteiger partial charge in [0.05, 0.1) is 6.42 Å². The first kappa shape index (κ1) is 24.7. The van der Waals surface area contributed by atoms with E-state index in [9.17, 15) is 9.59 Å². The minimum atomic E-state index is -0.593. The number of unbranched alkanes of at least 4 members (excludes halogenated alkanes) is 1. The fourth-order valence-electron chi connectivity index (χ4n) is 3.72. The highest BCUT2D eigenvalue weighted by Crippen LogP contribution is 2.18. The number of nitrogens with zero attached hydrogens (tertiary/aromatic N) is 1. The Morgan fingerprint density at radius 2 is 1.45 bits per heavy atom. The normalized spacial score (nSPS) is 11.6. The van der Waals surface area contributed by atoms with Crippen molar-refractivity contribution in [1.29, 1.82) is 0 Å². The lowest BCUT2D eigenvalue weighted by Gasteiger charge is -2.31. The van der Waals surface area contributed by atoms with Gasteiger partial charge in [-0.25, -0.2) is 0 Å². The quantitative estimate of drug-likeness (QED) is 0.346. The van der Waals surface area contributed by atoms with Gasteiger partial charge in [-0.2, -0.15) is 0 Å². The van der Waals surface area contributed by atoms with Crippen molar-refractivity contribution in [1.82, 2.24) is 10.2 Å². The Balaban J connectivity index is 1.91. The molecule has 172 valence electrons. The molecule has 3 rings (SSSR count). The zero-order valence-corrected chi connectivity index (χ0v) is 20.6. The molecule has 3 aromatic carbocycles. The van der Waals surface area contributed by atoms with Crippen LogP contribution in [0.25, 0.3) is 0 Å². The Morgan fingerprint density at radius 1 is 0.848 bits per heavy atom. The summed E-state index contributed by atoms with van der Waals surface area (Å²) in [5.41, 5.74) is 2.95. The number of benzene rings is 3. The van der Waals surface area contributed by atoms with E-state index in [1.54, 1.807) is 4.90 Å². The zero-order chi connectivity index (χ0) is 23.5. The highest BCUT2D eigenvalue weighted by molar-refractivity contribution is 9.10. The minimum absolute atomic E-state index is 0.0595. The van der Waals surface area contributed by atoms with Gasteiger partial charge in [0.25, 0.3) is 0 Å². The van der Waals surface area contributed by atoms with Crippen LogP contribution >= 0.6 is 15.9 Å². The molecule has 1 atom stereocenters. The number of carbonyl (C=O) groups excluding carboxylic acids is 2. The summed E-state index contributed by atoms with van der Waals surface area (Å²) in [4.78, 5) is 28.7. The number of hydrogen-bond donors (Lipinski definition) is 1. The van der Waals surface area contributed by atoms with Gasteiger partial charge in [0.1, 0.15) is 6.04 Å². The third-order valence-corrected chi connectivity index (χ3v) is 6.09. The fraction of sp³-hybridized carbons (Fsp3) is 0.286. The van der Waals surface area contributed by atoms with E-state index in [2.05, 4.69) is 28.2 Å². The highest BCUT2D eigenvalue weighted by atomic mass is 79.9. The van der Waals surface area contributed by atoms with Crippen LogP contribution in [0.2, 0.25) is 0 Å². The van der Waals surface area contributed by atoms with Crippen LogP contribution in [-0.4, -0.2) is 29.3 Å². The third-order valence-electron chi connectivity index (χ3n) is 5.57. The molecule has 1 N–H and O–H groups in total. The van der Waals surface area contributed by atoms with Gasteiger partial charge in [-0.1, -0.05) is 102 Å². The van der Waals surface area contributed by atoms with Crippen molar-refractivity contribution in [2.24, 2.45) is 0 Å². The van der Waals surface area contributed by atoms with Gasteiger partial charge in [-0.15, -0.1) is 0 Å². The second-order valence-electron chi connectivity index (χ2n) is 8.16. The summed E-state index contributed by atoms with van der Waals surface area (Å²) < 4.78 is 0.978. The molecule has 3 aromatic rings. The number of amides is 2. The molecule has 0 aliphatic rings. The molecule has 0 unspecified atom stereocenters. The molecule has 0 aliphatic carbocycles. The Labute approximate surface area is 205 Å². The first-order chi connectivity index (χ1) is 16.1. The van der Waals surface area contributed by atoms with Crippen molar-refractivity contribution in [3.8, 4) is 0 Å². The Kier molecular flexibility index (Phi) is 9.70. The summed E-state index contributed by atoms with van der Waals surface area (Å²) in [6.07, 6.45) is 2.63. The van der Waals surface area contributed by atoms with Crippen LogP contribution in [0.15, 0.2) is 89.4 Å². The second-order valence-corrected chi connectivity index (χ2v) is 9.08. The largest absolute Gasteiger partial charge is 0.354 e. The molecule has 0 saturated heterocycles. The number of nitrogens with one attached hydrogen (secondary N) is 1. The summed E-state index contributed by atoms with van der Waals surface area (Å²) in [6.45, 7) is 3.08. The Hall–Kier alpha value is -2.92. The van der Waals surface area contributed by atoms with Gasteiger partial charge in [-0.3, -0.25) is 9.59 Å². The van der Waals surface area contributed by atoms with Crippen molar-refractivity contribution in [3.05, 3.63) is 106 Å². The molecular formula is C28H31BrN2O2. The Bertz CT molecular complexity index is 1010. The molecule has 0 heterocycles. The fourth-order valence-corrected chi connectivity index (χ4v) is 3.98. The lowest BCUT2D eigenvalue weighted by atomic mass is 10.0. The van der Waals surface area contributed by atoms with E-state index in [1.807, 2.05) is 84.9 Å². The third kappa shape index (κ3) is 7.86. The lowest BCUT2D eigenvalue weighted by molar-refractivity contribution is -0.140. The average Bonchev–Trinajstić information content (AvgIpc) is 2.84. The van der Waals surface area contributed by atoms with Crippen LogP contribution in [-0.2, 0) is 29.0 Å². The van der Waals surface area contributed by atoms with Gasteiger partial charge in [0.2, 0.25) is 11.8 Å². The highest BCUT2D eigenvalue weighted by Gasteiger charge is 2.30. The van der Waals surface area contributed by atoms with E-state index >= 15 is 0 Å². The van der Waals surface area contributed by atoms with Gasteiger partial charge >= 0.3 is 0 Å². The van der Waals surface area contributed by atoms with E-state index in [4.69, 9.17) is 0 Å². The predicted octanol–water partition coefficient (Wildman–Crippen LogP) is 5.55. The van der Waals surface area contributed by atoms with Crippen LogP contribution < -0.4 is 5.32 Å². The SMILES string of the molecule is CCCCNC(=O)[C@H](Cc1ccccc1)N(Cc1ccc(Br)cc1)C(=O)Cc1ccccc1. The van der Waals surface area contributed by atoms with Crippen molar-refractivity contribution in [2.45, 2.75) is 45.2 Å².